The number of fused-ring (bicyclic) bond motifs is 1. The van der Waals surface area contributed by atoms with E-state index in [9.17, 15) is 10.0 Å². The van der Waals surface area contributed by atoms with Gasteiger partial charge in [0.05, 0.1) is 5.69 Å². The number of allylic oxidation sites excluding steroid dienone is 1. The number of benzene rings is 2. The number of hydrogen-bond acceptors (Lipinski definition) is 6. The molecule has 0 fully saturated rings. The molecule has 0 saturated heterocycles. The van der Waals surface area contributed by atoms with Gasteiger partial charge in [-0.15, -0.1) is 0 Å². The van der Waals surface area contributed by atoms with Crippen molar-refractivity contribution in [3.05, 3.63) is 64.9 Å². The van der Waals surface area contributed by atoms with Crippen LogP contribution in [0.2, 0.25) is 0 Å². The lowest BCUT2D eigenvalue weighted by Crippen LogP contribution is -2.06. The summed E-state index contributed by atoms with van der Waals surface area (Å²) in [6, 6.07) is 11.2. The smallest absolute Gasteiger partial charge is 0.231 e. The third-order valence-corrected chi connectivity index (χ3v) is 3.18. The lowest BCUT2D eigenvalue weighted by Gasteiger charge is -2.21. The first kappa shape index (κ1) is 14.1. The van der Waals surface area contributed by atoms with Crippen LogP contribution in [0.15, 0.2) is 48.5 Å². The van der Waals surface area contributed by atoms with E-state index >= 15 is 0 Å². The molecule has 0 radical (unpaired) electrons. The zero-order valence-corrected chi connectivity index (χ0v) is 11.4. The average Bonchev–Trinajstić information content (AvgIpc) is 3.00. The van der Waals surface area contributed by atoms with Gasteiger partial charge in [-0.3, -0.25) is 10.0 Å². The van der Waals surface area contributed by atoms with Gasteiger partial charge in [0.15, 0.2) is 17.3 Å². The highest BCUT2D eigenvalue weighted by molar-refractivity contribution is 6.07. The van der Waals surface area contributed by atoms with Gasteiger partial charge >= 0.3 is 0 Å². The Balaban J connectivity index is 1.77. The molecule has 6 nitrogen and oxygen atoms in total. The van der Waals surface area contributed by atoms with Crippen molar-refractivity contribution < 1.29 is 19.5 Å². The fraction of sp³-hybridized carbons (Fsp3) is 0.0625. The Morgan fingerprint density at radius 2 is 2.00 bits per heavy atom. The monoisotopic (exact) mass is 298 g/mol. The molecule has 22 heavy (non-hydrogen) atoms. The minimum atomic E-state index is -0.225. The minimum Gasteiger partial charge on any atom is -0.733 e. The quantitative estimate of drug-likeness (QED) is 0.531. The van der Waals surface area contributed by atoms with E-state index in [1.54, 1.807) is 36.4 Å². The van der Waals surface area contributed by atoms with Gasteiger partial charge in [-0.05, 0) is 42.0 Å². The second-order valence-corrected chi connectivity index (χ2v) is 4.63. The number of rotatable bonds is 4. The maximum atomic E-state index is 12.1. The molecule has 1 N–H and O–H groups in total. The summed E-state index contributed by atoms with van der Waals surface area (Å²) in [7, 11) is 0. The highest BCUT2D eigenvalue weighted by atomic mass is 16.8. The standard InChI is InChI=1S/C16H12NO5/c18-14(12-5-7-15-16(9-12)22-10-21-15)6-4-11-2-1-3-13(8-11)17(19)20/h1-9,19H,10H2/q-1. The van der Waals surface area contributed by atoms with Crippen LogP contribution in [0.5, 0.6) is 11.5 Å². The molecule has 2 aromatic carbocycles. The van der Waals surface area contributed by atoms with Gasteiger partial charge in [0.2, 0.25) is 6.79 Å². The predicted octanol–water partition coefficient (Wildman–Crippen LogP) is 3.00. The second-order valence-electron chi connectivity index (χ2n) is 4.63. The molecule has 0 unspecified atom stereocenters. The SMILES string of the molecule is O=C(C=Cc1cccc(N([O-])O)c1)c1ccc2c(c1)OCO2. The molecular weight excluding hydrogens is 286 g/mol. The second kappa shape index (κ2) is 5.88. The normalized spacial score (nSPS) is 12.6. The summed E-state index contributed by atoms with van der Waals surface area (Å²) in [6.45, 7) is 0.155. The molecule has 0 aromatic heterocycles. The summed E-state index contributed by atoms with van der Waals surface area (Å²) in [5, 5.41) is 19.4. The Hall–Kier alpha value is -2.83. The summed E-state index contributed by atoms with van der Waals surface area (Å²) < 4.78 is 10.4. The van der Waals surface area contributed by atoms with Gasteiger partial charge < -0.3 is 19.9 Å². The minimum absolute atomic E-state index is 0.0951. The summed E-state index contributed by atoms with van der Waals surface area (Å²) in [5.41, 5.74) is 1.20. The molecule has 1 heterocycles. The number of carbonyl (C=O) groups is 1. The first-order valence-electron chi connectivity index (χ1n) is 6.52. The molecule has 0 spiro atoms. The van der Waals surface area contributed by atoms with Gasteiger partial charge in [0, 0.05) is 5.56 Å². The van der Waals surface area contributed by atoms with Crippen molar-refractivity contribution in [3.8, 4) is 11.5 Å². The lowest BCUT2D eigenvalue weighted by atomic mass is 10.1. The predicted molar refractivity (Wildman–Crippen MR) is 80.0 cm³/mol. The summed E-state index contributed by atoms with van der Waals surface area (Å²) in [6.07, 6.45) is 2.96. The van der Waals surface area contributed by atoms with Gasteiger partial charge in [0.25, 0.3) is 0 Å². The maximum Gasteiger partial charge on any atom is 0.231 e. The Morgan fingerprint density at radius 3 is 2.82 bits per heavy atom. The number of hydrogen-bond donors (Lipinski definition) is 1. The average molecular weight is 298 g/mol. The van der Waals surface area contributed by atoms with E-state index in [0.29, 0.717) is 22.6 Å². The van der Waals surface area contributed by atoms with Crippen molar-refractivity contribution in [2.24, 2.45) is 0 Å². The molecule has 0 aliphatic carbocycles. The van der Waals surface area contributed by atoms with Crippen LogP contribution in [0.4, 0.5) is 5.69 Å². The topological polar surface area (TPSA) is 82.1 Å². The third-order valence-electron chi connectivity index (χ3n) is 3.18. The molecule has 1 aliphatic rings. The molecule has 2 aromatic rings. The molecule has 0 saturated carbocycles. The third kappa shape index (κ3) is 2.93. The number of carbonyl (C=O) groups excluding carboxylic acids is 1. The molecule has 0 atom stereocenters. The maximum absolute atomic E-state index is 12.1. The van der Waals surface area contributed by atoms with E-state index in [4.69, 9.17) is 14.7 Å². The van der Waals surface area contributed by atoms with Crippen LogP contribution >= 0.6 is 0 Å². The van der Waals surface area contributed by atoms with Crippen molar-refractivity contribution in [1.82, 2.24) is 0 Å². The van der Waals surface area contributed by atoms with Crippen LogP contribution in [-0.2, 0) is 0 Å². The van der Waals surface area contributed by atoms with E-state index in [1.807, 2.05) is 0 Å². The lowest BCUT2D eigenvalue weighted by molar-refractivity contribution is 0.104. The van der Waals surface area contributed by atoms with Crippen molar-refractivity contribution in [3.63, 3.8) is 0 Å². The fourth-order valence-corrected chi connectivity index (χ4v) is 2.07. The number of nitrogens with zero attached hydrogens (tertiary/aromatic N) is 1. The Labute approximate surface area is 126 Å². The Bertz CT molecular complexity index is 739. The molecule has 0 amide bonds. The molecule has 1 aliphatic heterocycles. The van der Waals surface area contributed by atoms with E-state index in [1.165, 1.54) is 18.2 Å². The van der Waals surface area contributed by atoms with E-state index in [-0.39, 0.29) is 23.5 Å². The molecule has 0 bridgehead atoms. The van der Waals surface area contributed by atoms with Gasteiger partial charge in [-0.25, -0.2) is 0 Å². The van der Waals surface area contributed by atoms with Gasteiger partial charge in [-0.2, -0.15) is 0 Å². The fourth-order valence-electron chi connectivity index (χ4n) is 2.07. The Morgan fingerprint density at radius 1 is 1.18 bits per heavy atom. The summed E-state index contributed by atoms with van der Waals surface area (Å²) in [5.74, 6) is 0.960. The van der Waals surface area contributed by atoms with Crippen molar-refractivity contribution >= 4 is 17.5 Å². The Kier molecular flexibility index (Phi) is 3.78. The van der Waals surface area contributed by atoms with Crippen LogP contribution in [0.3, 0.4) is 0 Å². The van der Waals surface area contributed by atoms with Crippen LogP contribution in [0, 0.1) is 5.21 Å². The largest absolute Gasteiger partial charge is 0.733 e. The zero-order valence-electron chi connectivity index (χ0n) is 11.4. The number of anilines is 1. The van der Waals surface area contributed by atoms with Crippen molar-refractivity contribution in [2.75, 3.05) is 12.0 Å². The highest BCUT2D eigenvalue weighted by Gasteiger charge is 2.14. The molecule has 112 valence electrons. The van der Waals surface area contributed by atoms with Crippen LogP contribution < -0.4 is 14.7 Å². The van der Waals surface area contributed by atoms with Crippen LogP contribution in [0.25, 0.3) is 6.08 Å². The van der Waals surface area contributed by atoms with Crippen LogP contribution in [-0.4, -0.2) is 17.8 Å². The summed E-state index contributed by atoms with van der Waals surface area (Å²) >= 11 is 0. The first-order chi connectivity index (χ1) is 10.6. The van der Waals surface area contributed by atoms with Crippen molar-refractivity contribution in [1.29, 1.82) is 0 Å². The van der Waals surface area contributed by atoms with E-state index < -0.39 is 0 Å². The number of ether oxygens (including phenoxy) is 2. The van der Waals surface area contributed by atoms with Gasteiger partial charge in [-0.1, -0.05) is 18.2 Å². The van der Waals surface area contributed by atoms with Crippen LogP contribution in [0.1, 0.15) is 15.9 Å². The summed E-state index contributed by atoms with van der Waals surface area (Å²) in [4.78, 5) is 12.1. The number of ketones is 1. The molecule has 6 heteroatoms. The van der Waals surface area contributed by atoms with Gasteiger partial charge in [0.1, 0.15) is 0 Å². The van der Waals surface area contributed by atoms with E-state index in [0.717, 1.165) is 0 Å². The van der Waals surface area contributed by atoms with E-state index in [2.05, 4.69) is 0 Å². The van der Waals surface area contributed by atoms with Crippen molar-refractivity contribution in [2.45, 2.75) is 0 Å². The molecular formula is C16H12NO5-. The highest BCUT2D eigenvalue weighted by Crippen LogP contribution is 2.32. The zero-order chi connectivity index (χ0) is 15.5. The first-order valence-corrected chi connectivity index (χ1v) is 6.52. The molecule has 3 rings (SSSR count).